The normalized spacial score (nSPS) is 38.8. The lowest BCUT2D eigenvalue weighted by atomic mass is 9.86. The molecule has 0 radical (unpaired) electrons. The third-order valence-corrected chi connectivity index (χ3v) is 3.00. The average molecular weight is 170 g/mol. The summed E-state index contributed by atoms with van der Waals surface area (Å²) in [5.74, 6) is 5.79. The first kappa shape index (κ1) is 8.48. The van der Waals surface area contributed by atoms with Gasteiger partial charge in [-0.05, 0) is 32.1 Å². The predicted molar refractivity (Wildman–Crippen MR) is 47.5 cm³/mol. The Morgan fingerprint density at radius 3 is 2.67 bits per heavy atom. The van der Waals surface area contributed by atoms with E-state index in [2.05, 4.69) is 0 Å². The van der Waals surface area contributed by atoms with Gasteiger partial charge in [0.15, 0.2) is 0 Å². The minimum Gasteiger partial charge on any atom is -0.374 e. The summed E-state index contributed by atoms with van der Waals surface area (Å²) in [6.45, 7) is 2.91. The Morgan fingerprint density at radius 2 is 2.00 bits per heavy atom. The first-order valence-corrected chi connectivity index (χ1v) is 4.94. The lowest BCUT2D eigenvalue weighted by Crippen LogP contribution is -2.53. The zero-order valence-electron chi connectivity index (χ0n) is 7.59. The predicted octanol–water partition coefficient (Wildman–Crippen LogP) is 0.895. The maximum Gasteiger partial charge on any atom is 0.0823 e. The van der Waals surface area contributed by atoms with Gasteiger partial charge in [0, 0.05) is 19.7 Å². The summed E-state index contributed by atoms with van der Waals surface area (Å²) < 4.78 is 5.86. The van der Waals surface area contributed by atoms with Gasteiger partial charge >= 0.3 is 0 Å². The van der Waals surface area contributed by atoms with E-state index in [4.69, 9.17) is 10.6 Å². The van der Waals surface area contributed by atoms with Crippen LogP contribution in [0.1, 0.15) is 32.1 Å². The second-order valence-electron chi connectivity index (χ2n) is 4.06. The van der Waals surface area contributed by atoms with Crippen molar-refractivity contribution in [2.45, 2.75) is 37.7 Å². The molecule has 1 atom stereocenters. The van der Waals surface area contributed by atoms with Crippen molar-refractivity contribution in [2.24, 2.45) is 5.84 Å². The molecule has 0 aromatic carbocycles. The van der Waals surface area contributed by atoms with E-state index in [0.717, 1.165) is 19.7 Å². The molecule has 0 amide bonds. The molecule has 0 aliphatic carbocycles. The number of hydrogen-bond acceptors (Lipinski definition) is 3. The van der Waals surface area contributed by atoms with Crippen molar-refractivity contribution in [1.82, 2.24) is 5.01 Å². The molecule has 2 rings (SSSR count). The molecular formula is C9H18N2O. The lowest BCUT2D eigenvalue weighted by molar-refractivity contribution is -0.116. The van der Waals surface area contributed by atoms with Crippen LogP contribution < -0.4 is 5.84 Å². The van der Waals surface area contributed by atoms with Crippen LogP contribution in [0.15, 0.2) is 0 Å². The minimum absolute atomic E-state index is 0.130. The second-order valence-corrected chi connectivity index (χ2v) is 4.06. The molecule has 0 saturated carbocycles. The van der Waals surface area contributed by atoms with Gasteiger partial charge < -0.3 is 4.74 Å². The molecule has 0 aromatic rings. The van der Waals surface area contributed by atoms with Gasteiger partial charge in [-0.2, -0.15) is 0 Å². The summed E-state index contributed by atoms with van der Waals surface area (Å²) in [4.78, 5) is 0. The van der Waals surface area contributed by atoms with Crippen molar-refractivity contribution < 1.29 is 4.74 Å². The summed E-state index contributed by atoms with van der Waals surface area (Å²) >= 11 is 0. The average Bonchev–Trinajstić information content (AvgIpc) is 2.05. The van der Waals surface area contributed by atoms with Gasteiger partial charge in [0.1, 0.15) is 0 Å². The smallest absolute Gasteiger partial charge is 0.0823 e. The van der Waals surface area contributed by atoms with Gasteiger partial charge in [0.2, 0.25) is 0 Å². The quantitative estimate of drug-likeness (QED) is 0.549. The highest BCUT2D eigenvalue weighted by Crippen LogP contribution is 2.32. The molecule has 12 heavy (non-hydrogen) atoms. The van der Waals surface area contributed by atoms with Gasteiger partial charge in [0.25, 0.3) is 0 Å². The van der Waals surface area contributed by atoms with Crippen molar-refractivity contribution in [2.75, 3.05) is 19.7 Å². The number of hydrogen-bond donors (Lipinski definition) is 1. The molecule has 1 spiro atoms. The molecule has 3 heteroatoms. The maximum absolute atomic E-state index is 5.86. The van der Waals surface area contributed by atoms with Gasteiger partial charge in [-0.1, -0.05) is 0 Å². The van der Waals surface area contributed by atoms with E-state index in [9.17, 15) is 0 Å². The first-order chi connectivity index (χ1) is 5.81. The minimum atomic E-state index is 0.130. The summed E-state index contributed by atoms with van der Waals surface area (Å²) in [5.41, 5.74) is 0.130. The highest BCUT2D eigenvalue weighted by atomic mass is 16.5. The highest BCUT2D eigenvalue weighted by molar-refractivity contribution is 4.89. The molecule has 0 aromatic heterocycles. The third kappa shape index (κ3) is 1.63. The Morgan fingerprint density at radius 1 is 1.17 bits per heavy atom. The van der Waals surface area contributed by atoms with Crippen LogP contribution in [-0.2, 0) is 4.74 Å². The van der Waals surface area contributed by atoms with E-state index in [0.29, 0.717) is 0 Å². The lowest BCUT2D eigenvalue weighted by Gasteiger charge is -2.43. The Hall–Kier alpha value is -0.120. The molecule has 3 nitrogen and oxygen atoms in total. The molecule has 2 heterocycles. The van der Waals surface area contributed by atoms with Crippen molar-refractivity contribution in [3.8, 4) is 0 Å². The fourth-order valence-corrected chi connectivity index (χ4v) is 2.36. The molecule has 2 fully saturated rings. The topological polar surface area (TPSA) is 38.5 Å². The second kappa shape index (κ2) is 3.32. The zero-order chi connectivity index (χ0) is 8.44. The van der Waals surface area contributed by atoms with E-state index in [1.165, 1.54) is 32.1 Å². The van der Waals surface area contributed by atoms with Crippen LogP contribution in [0.5, 0.6) is 0 Å². The zero-order valence-corrected chi connectivity index (χ0v) is 7.59. The largest absolute Gasteiger partial charge is 0.374 e. The number of nitrogens with zero attached hydrogens (tertiary/aromatic N) is 1. The molecule has 1 unspecified atom stereocenters. The summed E-state index contributed by atoms with van der Waals surface area (Å²) in [6, 6.07) is 0. The van der Waals surface area contributed by atoms with Crippen molar-refractivity contribution in [3.05, 3.63) is 0 Å². The Balaban J connectivity index is 1.97. The van der Waals surface area contributed by atoms with Crippen LogP contribution in [0.4, 0.5) is 0 Å². The molecule has 2 N–H and O–H groups in total. The molecule has 2 aliphatic rings. The molecule has 2 aliphatic heterocycles. The van der Waals surface area contributed by atoms with Crippen LogP contribution in [0.2, 0.25) is 0 Å². The van der Waals surface area contributed by atoms with Gasteiger partial charge in [-0.25, -0.2) is 5.01 Å². The molecular weight excluding hydrogens is 152 g/mol. The number of rotatable bonds is 0. The van der Waals surface area contributed by atoms with Crippen LogP contribution in [0, 0.1) is 0 Å². The Labute approximate surface area is 73.8 Å². The fourth-order valence-electron chi connectivity index (χ4n) is 2.36. The number of piperidine rings is 1. The first-order valence-electron chi connectivity index (χ1n) is 4.94. The summed E-state index contributed by atoms with van der Waals surface area (Å²) in [6.07, 6.45) is 6.15. The standard InChI is InChI=1S/C9H18N2O/c10-11-6-3-5-9(8-11)4-1-2-7-12-9/h1-8,10H2. The highest BCUT2D eigenvalue weighted by Gasteiger charge is 2.36. The molecule has 2 saturated heterocycles. The number of hydrazine groups is 1. The van der Waals surface area contributed by atoms with Crippen LogP contribution in [0.25, 0.3) is 0 Å². The Kier molecular flexibility index (Phi) is 2.35. The SMILES string of the molecule is NN1CCCC2(CCCCO2)C1. The van der Waals surface area contributed by atoms with Gasteiger partial charge in [-0.15, -0.1) is 0 Å². The van der Waals surface area contributed by atoms with Crippen molar-refractivity contribution in [3.63, 3.8) is 0 Å². The number of nitrogens with two attached hydrogens (primary N) is 1. The van der Waals surface area contributed by atoms with Crippen molar-refractivity contribution in [1.29, 1.82) is 0 Å². The monoisotopic (exact) mass is 170 g/mol. The third-order valence-electron chi connectivity index (χ3n) is 3.00. The van der Waals surface area contributed by atoms with E-state index >= 15 is 0 Å². The van der Waals surface area contributed by atoms with Gasteiger partial charge in [-0.3, -0.25) is 5.84 Å². The number of ether oxygens (including phenoxy) is 1. The van der Waals surface area contributed by atoms with E-state index < -0.39 is 0 Å². The van der Waals surface area contributed by atoms with E-state index in [1.54, 1.807) is 0 Å². The van der Waals surface area contributed by atoms with Gasteiger partial charge in [0.05, 0.1) is 5.60 Å². The summed E-state index contributed by atoms with van der Waals surface area (Å²) in [5, 5.41) is 1.91. The molecule has 0 bridgehead atoms. The van der Waals surface area contributed by atoms with E-state index in [-0.39, 0.29) is 5.60 Å². The van der Waals surface area contributed by atoms with Crippen LogP contribution >= 0.6 is 0 Å². The molecule has 70 valence electrons. The van der Waals surface area contributed by atoms with Crippen LogP contribution in [-0.4, -0.2) is 30.3 Å². The maximum atomic E-state index is 5.86. The van der Waals surface area contributed by atoms with E-state index in [1.807, 2.05) is 5.01 Å². The van der Waals surface area contributed by atoms with Crippen molar-refractivity contribution >= 4 is 0 Å². The fraction of sp³-hybridized carbons (Fsp3) is 1.00. The van der Waals surface area contributed by atoms with Crippen LogP contribution in [0.3, 0.4) is 0 Å². The summed E-state index contributed by atoms with van der Waals surface area (Å²) in [7, 11) is 0. The Bertz CT molecular complexity index is 149.